The predicted molar refractivity (Wildman–Crippen MR) is 82.9 cm³/mol. The molecule has 0 aliphatic carbocycles. The van der Waals surface area contributed by atoms with Gasteiger partial charge in [-0.3, -0.25) is 4.57 Å². The van der Waals surface area contributed by atoms with Crippen LogP contribution in [0.25, 0.3) is 16.7 Å². The Bertz CT molecular complexity index is 829. The minimum Gasteiger partial charge on any atom is -0.369 e. The van der Waals surface area contributed by atoms with Crippen LogP contribution in [0, 0.1) is 12.7 Å². The molecule has 0 aliphatic rings. The fourth-order valence-corrected chi connectivity index (χ4v) is 2.72. The first-order valence-corrected chi connectivity index (χ1v) is 7.04. The molecule has 0 fully saturated rings. The monoisotopic (exact) mass is 353 g/mol. The van der Waals surface area contributed by atoms with Gasteiger partial charge in [-0.2, -0.15) is 0 Å². The summed E-state index contributed by atoms with van der Waals surface area (Å²) in [6.45, 7) is 1.98. The van der Waals surface area contributed by atoms with Crippen LogP contribution < -0.4 is 5.73 Å². The van der Waals surface area contributed by atoms with E-state index in [1.807, 2.05) is 25.1 Å². The van der Waals surface area contributed by atoms with Gasteiger partial charge in [0.15, 0.2) is 0 Å². The lowest BCUT2D eigenvalue weighted by molar-refractivity contribution is 0.630. The van der Waals surface area contributed by atoms with Crippen molar-refractivity contribution in [2.45, 2.75) is 6.92 Å². The Balaban J connectivity index is 2.38. The largest absolute Gasteiger partial charge is 0.369 e. The number of aromatic nitrogens is 2. The highest BCUT2D eigenvalue weighted by molar-refractivity contribution is 9.10. The van der Waals surface area contributed by atoms with E-state index in [-0.39, 0.29) is 11.0 Å². The van der Waals surface area contributed by atoms with Crippen molar-refractivity contribution >= 4 is 44.5 Å². The van der Waals surface area contributed by atoms with Crippen LogP contribution in [0.4, 0.5) is 10.3 Å². The van der Waals surface area contributed by atoms with Gasteiger partial charge in [0.2, 0.25) is 5.95 Å². The maximum Gasteiger partial charge on any atom is 0.205 e. The number of aryl methyl sites for hydroxylation is 1. The van der Waals surface area contributed by atoms with E-state index < -0.39 is 5.82 Å². The summed E-state index contributed by atoms with van der Waals surface area (Å²) >= 11 is 9.35. The Morgan fingerprint density at radius 3 is 2.80 bits per heavy atom. The van der Waals surface area contributed by atoms with Gasteiger partial charge in [-0.05, 0) is 46.6 Å². The predicted octanol–water partition coefficient (Wildman–Crippen LogP) is 4.47. The van der Waals surface area contributed by atoms with Gasteiger partial charge in [-0.15, -0.1) is 0 Å². The second kappa shape index (κ2) is 4.75. The van der Waals surface area contributed by atoms with Crippen LogP contribution >= 0.6 is 27.5 Å². The summed E-state index contributed by atoms with van der Waals surface area (Å²) in [6, 6.07) is 8.70. The van der Waals surface area contributed by atoms with E-state index in [0.717, 1.165) is 15.7 Å². The van der Waals surface area contributed by atoms with Crippen LogP contribution in [-0.4, -0.2) is 9.55 Å². The molecule has 0 saturated heterocycles. The van der Waals surface area contributed by atoms with E-state index in [0.29, 0.717) is 11.0 Å². The molecule has 0 unspecified atom stereocenters. The number of anilines is 1. The third-order valence-electron chi connectivity index (χ3n) is 3.07. The fourth-order valence-electron chi connectivity index (χ4n) is 2.14. The molecule has 2 aromatic carbocycles. The minimum absolute atomic E-state index is 0.0439. The van der Waals surface area contributed by atoms with E-state index in [2.05, 4.69) is 20.9 Å². The first-order valence-electron chi connectivity index (χ1n) is 5.87. The number of hydrogen-bond acceptors (Lipinski definition) is 2. The molecule has 102 valence electrons. The number of hydrogen-bond donors (Lipinski definition) is 1. The number of rotatable bonds is 1. The maximum atomic E-state index is 13.5. The molecule has 1 aromatic heterocycles. The molecular formula is C14H10BrClFN3. The average Bonchev–Trinajstić information content (AvgIpc) is 2.69. The van der Waals surface area contributed by atoms with E-state index in [1.165, 1.54) is 12.1 Å². The van der Waals surface area contributed by atoms with Crippen molar-refractivity contribution < 1.29 is 4.39 Å². The van der Waals surface area contributed by atoms with Gasteiger partial charge in [-0.1, -0.05) is 17.7 Å². The first-order chi connectivity index (χ1) is 9.47. The van der Waals surface area contributed by atoms with Crippen LogP contribution in [-0.2, 0) is 0 Å². The molecular weight excluding hydrogens is 345 g/mol. The van der Waals surface area contributed by atoms with Gasteiger partial charge in [0.1, 0.15) is 5.82 Å². The minimum atomic E-state index is -0.507. The SMILES string of the molecule is Cc1ccc(Br)c(-n2c(N)nc3cc(F)c(Cl)cc32)c1. The highest BCUT2D eigenvalue weighted by atomic mass is 79.9. The van der Waals surface area contributed by atoms with Crippen LogP contribution in [0.3, 0.4) is 0 Å². The van der Waals surface area contributed by atoms with Crippen molar-refractivity contribution in [1.82, 2.24) is 9.55 Å². The lowest BCUT2D eigenvalue weighted by Crippen LogP contribution is -2.01. The fraction of sp³-hybridized carbons (Fsp3) is 0.0714. The van der Waals surface area contributed by atoms with Gasteiger partial charge < -0.3 is 5.73 Å². The number of nitrogens with two attached hydrogens (primary N) is 1. The molecule has 0 aliphatic heterocycles. The molecule has 2 N–H and O–H groups in total. The first kappa shape index (κ1) is 13.4. The van der Waals surface area contributed by atoms with Crippen LogP contribution in [0.15, 0.2) is 34.8 Å². The molecule has 0 radical (unpaired) electrons. The van der Waals surface area contributed by atoms with Crippen LogP contribution in [0.5, 0.6) is 0 Å². The van der Waals surface area contributed by atoms with Crippen molar-refractivity contribution in [3.05, 3.63) is 51.2 Å². The molecule has 0 saturated carbocycles. The lowest BCUT2D eigenvalue weighted by atomic mass is 10.2. The van der Waals surface area contributed by atoms with Gasteiger partial charge in [-0.25, -0.2) is 9.37 Å². The topological polar surface area (TPSA) is 43.8 Å². The lowest BCUT2D eigenvalue weighted by Gasteiger charge is -2.10. The van der Waals surface area contributed by atoms with Crippen molar-refractivity contribution in [2.24, 2.45) is 0 Å². The number of nitrogens with zero attached hydrogens (tertiary/aromatic N) is 2. The standard InChI is InChI=1S/C14H10BrClFN3/c1-7-2-3-8(15)12(4-7)20-13-5-9(16)10(17)6-11(13)19-14(20)18/h2-6H,1H3,(H2,18,19). The zero-order chi connectivity index (χ0) is 14.4. The zero-order valence-corrected chi connectivity index (χ0v) is 12.8. The van der Waals surface area contributed by atoms with E-state index >= 15 is 0 Å². The van der Waals surface area contributed by atoms with E-state index in [1.54, 1.807) is 4.57 Å². The molecule has 0 amide bonds. The molecule has 3 nitrogen and oxygen atoms in total. The number of halogens is 3. The Kier molecular flexibility index (Phi) is 3.18. The van der Waals surface area contributed by atoms with E-state index in [4.69, 9.17) is 17.3 Å². The summed E-state index contributed by atoms with van der Waals surface area (Å²) < 4.78 is 16.1. The normalized spacial score (nSPS) is 11.2. The van der Waals surface area contributed by atoms with Crippen LogP contribution in [0.2, 0.25) is 5.02 Å². The molecule has 20 heavy (non-hydrogen) atoms. The molecule has 1 heterocycles. The summed E-state index contributed by atoms with van der Waals surface area (Å²) in [7, 11) is 0. The Labute approximate surface area is 128 Å². The Morgan fingerprint density at radius 2 is 2.05 bits per heavy atom. The number of benzene rings is 2. The molecule has 0 spiro atoms. The summed E-state index contributed by atoms with van der Waals surface area (Å²) in [5, 5.41) is 0.0439. The van der Waals surface area contributed by atoms with Crippen molar-refractivity contribution in [1.29, 1.82) is 0 Å². The second-order valence-electron chi connectivity index (χ2n) is 4.52. The molecule has 3 rings (SSSR count). The smallest absolute Gasteiger partial charge is 0.205 e. The van der Waals surface area contributed by atoms with Gasteiger partial charge in [0, 0.05) is 10.5 Å². The number of imidazole rings is 1. The third kappa shape index (κ3) is 2.07. The zero-order valence-electron chi connectivity index (χ0n) is 10.5. The van der Waals surface area contributed by atoms with Crippen molar-refractivity contribution in [2.75, 3.05) is 5.73 Å². The summed E-state index contributed by atoms with van der Waals surface area (Å²) in [4.78, 5) is 4.18. The van der Waals surface area contributed by atoms with Crippen molar-refractivity contribution in [3.8, 4) is 5.69 Å². The Morgan fingerprint density at radius 1 is 1.30 bits per heavy atom. The maximum absolute atomic E-state index is 13.5. The molecule has 0 bridgehead atoms. The average molecular weight is 355 g/mol. The van der Waals surface area contributed by atoms with Gasteiger partial charge in [0.05, 0.1) is 21.7 Å². The highest BCUT2D eigenvalue weighted by Gasteiger charge is 2.15. The van der Waals surface area contributed by atoms with Crippen molar-refractivity contribution in [3.63, 3.8) is 0 Å². The summed E-state index contributed by atoms with van der Waals surface area (Å²) in [5.74, 6) is -0.222. The second-order valence-corrected chi connectivity index (χ2v) is 5.78. The molecule has 6 heteroatoms. The molecule has 0 atom stereocenters. The van der Waals surface area contributed by atoms with E-state index in [9.17, 15) is 4.39 Å². The Hall–Kier alpha value is -1.59. The van der Waals surface area contributed by atoms with Gasteiger partial charge in [0.25, 0.3) is 0 Å². The summed E-state index contributed by atoms with van der Waals surface area (Å²) in [6.07, 6.45) is 0. The highest BCUT2D eigenvalue weighted by Crippen LogP contribution is 2.31. The molecule has 3 aromatic rings. The number of nitrogen functional groups attached to an aromatic ring is 1. The van der Waals surface area contributed by atoms with Crippen LogP contribution in [0.1, 0.15) is 5.56 Å². The summed E-state index contributed by atoms with van der Waals surface area (Å²) in [5.41, 5.74) is 9.03. The third-order valence-corrected chi connectivity index (χ3v) is 4.03. The number of fused-ring (bicyclic) bond motifs is 1. The van der Waals surface area contributed by atoms with Gasteiger partial charge >= 0.3 is 0 Å². The quantitative estimate of drug-likeness (QED) is 0.700.